The average molecular weight is 570 g/mol. The van der Waals surface area contributed by atoms with Gasteiger partial charge < -0.3 is 20.4 Å². The summed E-state index contributed by atoms with van der Waals surface area (Å²) >= 11 is 0. The van der Waals surface area contributed by atoms with Gasteiger partial charge in [-0.25, -0.2) is 0 Å². The number of piperidine rings is 1. The number of carbonyl (C=O) groups excluding carboxylic acids is 2. The van der Waals surface area contributed by atoms with E-state index in [0.717, 1.165) is 58.0 Å². The Morgan fingerprint density at radius 2 is 1.73 bits per heavy atom. The SMILES string of the molecule is CN=C(NCC(=O)N1CCC(Cc2ccccc2)CC1)NCC1(C(=O)N(C)C)CCCC1.I. The van der Waals surface area contributed by atoms with Gasteiger partial charge in [0.05, 0.1) is 12.0 Å². The van der Waals surface area contributed by atoms with Crippen LogP contribution >= 0.6 is 24.0 Å². The average Bonchev–Trinajstić information content (AvgIpc) is 3.29. The molecule has 0 unspecified atom stereocenters. The number of nitrogens with one attached hydrogen (secondary N) is 2. The quantitative estimate of drug-likeness (QED) is 0.301. The Morgan fingerprint density at radius 3 is 2.30 bits per heavy atom. The first-order chi connectivity index (χ1) is 15.4. The first-order valence-electron chi connectivity index (χ1n) is 11.9. The number of hydrogen-bond donors (Lipinski definition) is 2. The fourth-order valence-corrected chi connectivity index (χ4v) is 5.07. The number of nitrogens with zero attached hydrogens (tertiary/aromatic N) is 3. The number of halogens is 1. The molecule has 0 spiro atoms. The molecule has 2 fully saturated rings. The molecule has 33 heavy (non-hydrogen) atoms. The molecule has 0 atom stereocenters. The van der Waals surface area contributed by atoms with Crippen LogP contribution in [0.25, 0.3) is 0 Å². The van der Waals surface area contributed by atoms with Gasteiger partial charge in [0, 0.05) is 40.8 Å². The zero-order valence-corrected chi connectivity index (χ0v) is 22.6. The minimum Gasteiger partial charge on any atom is -0.355 e. The van der Waals surface area contributed by atoms with Crippen molar-refractivity contribution in [2.24, 2.45) is 16.3 Å². The van der Waals surface area contributed by atoms with E-state index in [0.29, 0.717) is 18.4 Å². The van der Waals surface area contributed by atoms with Gasteiger partial charge in [0.15, 0.2) is 5.96 Å². The third kappa shape index (κ3) is 7.58. The lowest BCUT2D eigenvalue weighted by Gasteiger charge is -2.33. The smallest absolute Gasteiger partial charge is 0.241 e. The van der Waals surface area contributed by atoms with Crippen molar-refractivity contribution in [3.05, 3.63) is 35.9 Å². The molecule has 1 aliphatic heterocycles. The summed E-state index contributed by atoms with van der Waals surface area (Å²) < 4.78 is 0. The number of likely N-dealkylation sites (tertiary alicyclic amines) is 1. The minimum absolute atomic E-state index is 0. The van der Waals surface area contributed by atoms with Crippen LogP contribution in [0, 0.1) is 11.3 Å². The van der Waals surface area contributed by atoms with Gasteiger partial charge in [0.1, 0.15) is 0 Å². The molecular formula is C25H40IN5O2. The molecule has 2 aliphatic rings. The molecular weight excluding hydrogens is 529 g/mol. The molecule has 2 N–H and O–H groups in total. The molecule has 1 aromatic carbocycles. The second kappa shape index (κ2) is 13.2. The summed E-state index contributed by atoms with van der Waals surface area (Å²) in [6, 6.07) is 10.6. The van der Waals surface area contributed by atoms with E-state index in [1.807, 2.05) is 25.1 Å². The van der Waals surface area contributed by atoms with Crippen molar-refractivity contribution in [3.8, 4) is 0 Å². The highest BCUT2D eigenvalue weighted by molar-refractivity contribution is 14.0. The maximum Gasteiger partial charge on any atom is 0.241 e. The third-order valence-electron chi connectivity index (χ3n) is 6.98. The van der Waals surface area contributed by atoms with Gasteiger partial charge in [-0.3, -0.25) is 14.6 Å². The number of carbonyl (C=O) groups is 2. The van der Waals surface area contributed by atoms with Gasteiger partial charge in [0.25, 0.3) is 0 Å². The molecule has 3 rings (SSSR count). The van der Waals surface area contributed by atoms with E-state index >= 15 is 0 Å². The Kier molecular flexibility index (Phi) is 10.9. The number of guanidine groups is 1. The topological polar surface area (TPSA) is 77.0 Å². The zero-order chi connectivity index (χ0) is 23.0. The molecule has 0 radical (unpaired) electrons. The fraction of sp³-hybridized carbons (Fsp3) is 0.640. The molecule has 184 valence electrons. The summed E-state index contributed by atoms with van der Waals surface area (Å²) in [6.45, 7) is 2.38. The van der Waals surface area contributed by atoms with Crippen LogP contribution in [0.15, 0.2) is 35.3 Å². The highest BCUT2D eigenvalue weighted by atomic mass is 127. The standard InChI is InChI=1S/C25H39N5O2.HI/c1-26-24(28-19-25(13-7-8-14-25)23(32)29(2)3)27-18-22(31)30-15-11-21(12-16-30)17-20-9-5-4-6-10-20;/h4-6,9-10,21H,7-8,11-19H2,1-3H3,(H2,26,27,28);1H. The molecule has 2 amide bonds. The molecule has 1 aliphatic carbocycles. The predicted octanol–water partition coefficient (Wildman–Crippen LogP) is 2.90. The van der Waals surface area contributed by atoms with E-state index in [4.69, 9.17) is 0 Å². The normalized spacial score (nSPS) is 18.4. The lowest BCUT2D eigenvalue weighted by molar-refractivity contribution is -0.139. The van der Waals surface area contributed by atoms with Crippen molar-refractivity contribution in [3.63, 3.8) is 0 Å². The van der Waals surface area contributed by atoms with Crippen molar-refractivity contribution in [2.75, 3.05) is 47.3 Å². The molecule has 0 bridgehead atoms. The molecule has 0 aromatic heterocycles. The first kappa shape index (κ1) is 27.4. The van der Waals surface area contributed by atoms with Gasteiger partial charge in [-0.1, -0.05) is 43.2 Å². The van der Waals surface area contributed by atoms with E-state index in [9.17, 15) is 9.59 Å². The molecule has 1 saturated heterocycles. The van der Waals surface area contributed by atoms with Gasteiger partial charge in [-0.2, -0.15) is 0 Å². The second-order valence-corrected chi connectivity index (χ2v) is 9.48. The van der Waals surface area contributed by atoms with Gasteiger partial charge in [-0.05, 0) is 43.6 Å². The van der Waals surface area contributed by atoms with Gasteiger partial charge >= 0.3 is 0 Å². The number of benzene rings is 1. The molecule has 8 heteroatoms. The van der Waals surface area contributed by atoms with Crippen molar-refractivity contribution in [1.82, 2.24) is 20.4 Å². The number of rotatable bonds is 7. The van der Waals surface area contributed by atoms with E-state index in [-0.39, 0.29) is 47.8 Å². The van der Waals surface area contributed by atoms with Crippen LogP contribution in [-0.4, -0.2) is 74.9 Å². The van der Waals surface area contributed by atoms with E-state index in [1.165, 1.54) is 5.56 Å². The van der Waals surface area contributed by atoms with Crippen LogP contribution in [0.1, 0.15) is 44.1 Å². The fourth-order valence-electron chi connectivity index (χ4n) is 5.07. The Hall–Kier alpha value is -1.84. The van der Waals surface area contributed by atoms with Crippen LogP contribution < -0.4 is 10.6 Å². The van der Waals surface area contributed by atoms with Gasteiger partial charge in [-0.15, -0.1) is 24.0 Å². The number of aliphatic imine (C=N–C) groups is 1. The predicted molar refractivity (Wildman–Crippen MR) is 144 cm³/mol. The van der Waals surface area contributed by atoms with Crippen LogP contribution in [0.4, 0.5) is 0 Å². The first-order valence-corrected chi connectivity index (χ1v) is 11.9. The summed E-state index contributed by atoms with van der Waals surface area (Å²) in [4.78, 5) is 33.4. The van der Waals surface area contributed by atoms with Crippen LogP contribution in [-0.2, 0) is 16.0 Å². The second-order valence-electron chi connectivity index (χ2n) is 9.48. The molecule has 1 heterocycles. The third-order valence-corrected chi connectivity index (χ3v) is 6.98. The highest BCUT2D eigenvalue weighted by Crippen LogP contribution is 2.38. The van der Waals surface area contributed by atoms with Crippen LogP contribution in [0.2, 0.25) is 0 Å². The van der Waals surface area contributed by atoms with Crippen molar-refractivity contribution < 1.29 is 9.59 Å². The Bertz CT molecular complexity index is 785. The van der Waals surface area contributed by atoms with Crippen molar-refractivity contribution >= 4 is 41.8 Å². The molecule has 7 nitrogen and oxygen atoms in total. The molecule has 1 saturated carbocycles. The lowest BCUT2D eigenvalue weighted by Crippen LogP contribution is -2.51. The lowest BCUT2D eigenvalue weighted by atomic mass is 9.84. The summed E-state index contributed by atoms with van der Waals surface area (Å²) in [5.41, 5.74) is 1.01. The number of hydrogen-bond acceptors (Lipinski definition) is 3. The zero-order valence-electron chi connectivity index (χ0n) is 20.3. The largest absolute Gasteiger partial charge is 0.355 e. The highest BCUT2D eigenvalue weighted by Gasteiger charge is 2.42. The monoisotopic (exact) mass is 569 g/mol. The Morgan fingerprint density at radius 1 is 1.09 bits per heavy atom. The van der Waals surface area contributed by atoms with E-state index in [1.54, 1.807) is 11.9 Å². The minimum atomic E-state index is -0.369. The number of amides is 2. The Balaban J connectivity index is 0.00000385. The van der Waals surface area contributed by atoms with Gasteiger partial charge in [0.2, 0.25) is 11.8 Å². The summed E-state index contributed by atoms with van der Waals surface area (Å²) in [6.07, 6.45) is 7.12. The van der Waals surface area contributed by atoms with Crippen molar-refractivity contribution in [1.29, 1.82) is 0 Å². The van der Waals surface area contributed by atoms with Crippen LogP contribution in [0.3, 0.4) is 0 Å². The summed E-state index contributed by atoms with van der Waals surface area (Å²) in [5.74, 6) is 1.49. The van der Waals surface area contributed by atoms with E-state index in [2.05, 4.69) is 39.9 Å². The maximum absolute atomic E-state index is 12.7. The summed E-state index contributed by atoms with van der Waals surface area (Å²) in [7, 11) is 5.33. The Labute approximate surface area is 215 Å². The van der Waals surface area contributed by atoms with E-state index < -0.39 is 0 Å². The summed E-state index contributed by atoms with van der Waals surface area (Å²) in [5, 5.41) is 6.45. The molecule has 1 aromatic rings. The van der Waals surface area contributed by atoms with Crippen LogP contribution in [0.5, 0.6) is 0 Å². The van der Waals surface area contributed by atoms with Crippen molar-refractivity contribution in [2.45, 2.75) is 44.9 Å². The maximum atomic E-state index is 12.7.